The summed E-state index contributed by atoms with van der Waals surface area (Å²) in [6, 6.07) is 8.68. The first kappa shape index (κ1) is 16.2. The van der Waals surface area contributed by atoms with E-state index < -0.39 is 10.8 Å². The Hall–Kier alpha value is -0.870. The van der Waals surface area contributed by atoms with Crippen LogP contribution in [0, 0.1) is 0 Å². The lowest BCUT2D eigenvalue weighted by molar-refractivity contribution is 0.330. The van der Waals surface area contributed by atoms with Gasteiger partial charge in [-0.3, -0.25) is 4.21 Å². The molecule has 0 aliphatic rings. The average molecular weight is 283 g/mol. The van der Waals surface area contributed by atoms with Crippen LogP contribution in [0.4, 0.5) is 0 Å². The fourth-order valence-corrected chi connectivity index (χ4v) is 2.75. The quantitative estimate of drug-likeness (QED) is 0.797. The van der Waals surface area contributed by atoms with E-state index in [4.69, 9.17) is 4.74 Å². The molecule has 0 aromatic heterocycles. The van der Waals surface area contributed by atoms with Crippen molar-refractivity contribution in [2.24, 2.45) is 0 Å². The molecule has 0 fully saturated rings. The van der Waals surface area contributed by atoms with Crippen molar-refractivity contribution in [3.8, 4) is 5.75 Å². The molecule has 3 atom stereocenters. The molecule has 19 heavy (non-hydrogen) atoms. The Bertz CT molecular complexity index is 409. The molecule has 0 amide bonds. The maximum Gasteiger partial charge on any atom is 0.124 e. The fourth-order valence-electron chi connectivity index (χ4n) is 2.07. The van der Waals surface area contributed by atoms with Gasteiger partial charge in [0.25, 0.3) is 0 Å². The predicted octanol–water partition coefficient (Wildman–Crippen LogP) is 2.89. The van der Waals surface area contributed by atoms with Crippen LogP contribution >= 0.6 is 0 Å². The summed E-state index contributed by atoms with van der Waals surface area (Å²) in [6.45, 7) is 6.94. The molecule has 4 heteroatoms. The second-order valence-electron chi connectivity index (χ2n) is 4.83. The van der Waals surface area contributed by atoms with Crippen LogP contribution in [0.15, 0.2) is 24.3 Å². The van der Waals surface area contributed by atoms with Crippen LogP contribution in [-0.2, 0) is 10.8 Å². The highest BCUT2D eigenvalue weighted by Crippen LogP contribution is 2.25. The number of rotatable bonds is 8. The van der Waals surface area contributed by atoms with Gasteiger partial charge in [0, 0.05) is 40.5 Å². The van der Waals surface area contributed by atoms with E-state index in [1.165, 1.54) is 5.56 Å². The third-order valence-electron chi connectivity index (χ3n) is 3.06. The molecule has 0 saturated carbocycles. The maximum atomic E-state index is 11.1. The standard InChI is InChI=1S/C15H25NO2S/c1-5-18-15-9-7-6-8-14(15)13(3)16-12(2)10-11-19(4)17/h6-9,12-13,16H,5,10-11H2,1-4H3. The third kappa shape index (κ3) is 5.74. The summed E-state index contributed by atoms with van der Waals surface area (Å²) in [7, 11) is -0.718. The summed E-state index contributed by atoms with van der Waals surface area (Å²) >= 11 is 0. The molecular formula is C15H25NO2S. The van der Waals surface area contributed by atoms with E-state index in [1.807, 2.05) is 25.1 Å². The van der Waals surface area contributed by atoms with Gasteiger partial charge in [-0.05, 0) is 33.3 Å². The average Bonchev–Trinajstić information content (AvgIpc) is 2.37. The molecule has 0 spiro atoms. The molecular weight excluding hydrogens is 258 g/mol. The van der Waals surface area contributed by atoms with E-state index in [2.05, 4.69) is 25.2 Å². The smallest absolute Gasteiger partial charge is 0.124 e. The highest BCUT2D eigenvalue weighted by molar-refractivity contribution is 7.84. The molecule has 0 bridgehead atoms. The van der Waals surface area contributed by atoms with Crippen LogP contribution in [0.3, 0.4) is 0 Å². The Morgan fingerprint density at radius 2 is 2.00 bits per heavy atom. The van der Waals surface area contributed by atoms with Crippen molar-refractivity contribution in [3.05, 3.63) is 29.8 Å². The first-order valence-electron chi connectivity index (χ1n) is 6.82. The zero-order chi connectivity index (χ0) is 14.3. The zero-order valence-electron chi connectivity index (χ0n) is 12.3. The van der Waals surface area contributed by atoms with E-state index in [1.54, 1.807) is 6.26 Å². The number of benzene rings is 1. The Balaban J connectivity index is 2.61. The first-order valence-corrected chi connectivity index (χ1v) is 8.55. The van der Waals surface area contributed by atoms with Crippen LogP contribution in [0.2, 0.25) is 0 Å². The SMILES string of the molecule is CCOc1ccccc1C(C)NC(C)CCS(C)=O. The maximum absolute atomic E-state index is 11.1. The molecule has 1 aromatic carbocycles. The monoisotopic (exact) mass is 283 g/mol. The highest BCUT2D eigenvalue weighted by atomic mass is 32.2. The lowest BCUT2D eigenvalue weighted by Crippen LogP contribution is -2.30. The largest absolute Gasteiger partial charge is 0.494 e. The van der Waals surface area contributed by atoms with Gasteiger partial charge in [0.05, 0.1) is 6.61 Å². The molecule has 108 valence electrons. The number of para-hydroxylation sites is 1. The molecule has 1 N–H and O–H groups in total. The molecule has 0 aliphatic heterocycles. The fraction of sp³-hybridized carbons (Fsp3) is 0.600. The van der Waals surface area contributed by atoms with Crippen molar-refractivity contribution >= 4 is 10.8 Å². The van der Waals surface area contributed by atoms with Gasteiger partial charge in [-0.15, -0.1) is 0 Å². The molecule has 1 aromatic rings. The lowest BCUT2D eigenvalue weighted by Gasteiger charge is -2.22. The minimum Gasteiger partial charge on any atom is -0.494 e. The van der Waals surface area contributed by atoms with Gasteiger partial charge in [-0.2, -0.15) is 0 Å². The molecule has 0 heterocycles. The van der Waals surface area contributed by atoms with Crippen molar-refractivity contribution < 1.29 is 8.95 Å². The van der Waals surface area contributed by atoms with Crippen LogP contribution in [-0.4, -0.2) is 28.9 Å². The van der Waals surface area contributed by atoms with Crippen LogP contribution in [0.25, 0.3) is 0 Å². The van der Waals surface area contributed by atoms with Gasteiger partial charge >= 0.3 is 0 Å². The zero-order valence-corrected chi connectivity index (χ0v) is 13.1. The van der Waals surface area contributed by atoms with Crippen molar-refractivity contribution in [1.29, 1.82) is 0 Å². The topological polar surface area (TPSA) is 38.3 Å². The Morgan fingerprint density at radius 1 is 1.32 bits per heavy atom. The molecule has 3 nitrogen and oxygen atoms in total. The molecule has 1 rings (SSSR count). The Kier molecular flexibility index (Phi) is 7.10. The summed E-state index contributed by atoms with van der Waals surface area (Å²) in [4.78, 5) is 0. The van der Waals surface area contributed by atoms with Crippen molar-refractivity contribution in [2.45, 2.75) is 39.3 Å². The normalized spacial score (nSPS) is 15.8. The van der Waals surface area contributed by atoms with Crippen molar-refractivity contribution in [2.75, 3.05) is 18.6 Å². The van der Waals surface area contributed by atoms with Gasteiger partial charge in [0.15, 0.2) is 0 Å². The highest BCUT2D eigenvalue weighted by Gasteiger charge is 2.13. The summed E-state index contributed by atoms with van der Waals surface area (Å²) in [5.41, 5.74) is 1.17. The van der Waals surface area contributed by atoms with E-state index in [9.17, 15) is 4.21 Å². The van der Waals surface area contributed by atoms with Gasteiger partial charge in [-0.1, -0.05) is 18.2 Å². The van der Waals surface area contributed by atoms with Gasteiger partial charge < -0.3 is 10.1 Å². The third-order valence-corrected chi connectivity index (χ3v) is 3.87. The first-order chi connectivity index (χ1) is 9.04. The molecule has 3 unspecified atom stereocenters. The lowest BCUT2D eigenvalue weighted by atomic mass is 10.1. The van der Waals surface area contributed by atoms with Gasteiger partial charge in [0.2, 0.25) is 0 Å². The molecule has 0 radical (unpaired) electrons. The van der Waals surface area contributed by atoms with Crippen molar-refractivity contribution in [1.82, 2.24) is 5.32 Å². The summed E-state index contributed by atoms with van der Waals surface area (Å²) in [5.74, 6) is 1.69. The van der Waals surface area contributed by atoms with Gasteiger partial charge in [0.1, 0.15) is 5.75 Å². The van der Waals surface area contributed by atoms with E-state index in [0.29, 0.717) is 12.6 Å². The van der Waals surface area contributed by atoms with Crippen molar-refractivity contribution in [3.63, 3.8) is 0 Å². The van der Waals surface area contributed by atoms with Crippen LogP contribution in [0.5, 0.6) is 5.75 Å². The molecule has 0 saturated heterocycles. The van der Waals surface area contributed by atoms with E-state index >= 15 is 0 Å². The van der Waals surface area contributed by atoms with E-state index in [0.717, 1.165) is 17.9 Å². The second kappa shape index (κ2) is 8.33. The minimum atomic E-state index is -0.718. The predicted molar refractivity (Wildman–Crippen MR) is 82.2 cm³/mol. The Morgan fingerprint density at radius 3 is 2.63 bits per heavy atom. The molecule has 0 aliphatic carbocycles. The number of nitrogens with one attached hydrogen (secondary N) is 1. The number of hydrogen-bond acceptors (Lipinski definition) is 3. The van der Waals surface area contributed by atoms with Crippen LogP contribution in [0.1, 0.15) is 38.8 Å². The summed E-state index contributed by atoms with van der Waals surface area (Å²) in [6.07, 6.45) is 2.67. The van der Waals surface area contributed by atoms with Crippen LogP contribution < -0.4 is 10.1 Å². The summed E-state index contributed by atoms with van der Waals surface area (Å²) in [5, 5.41) is 3.54. The minimum absolute atomic E-state index is 0.225. The second-order valence-corrected chi connectivity index (χ2v) is 6.38. The van der Waals surface area contributed by atoms with Gasteiger partial charge in [-0.25, -0.2) is 0 Å². The number of ether oxygens (including phenoxy) is 1. The Labute approximate surface area is 119 Å². The van der Waals surface area contributed by atoms with E-state index in [-0.39, 0.29) is 6.04 Å². The number of hydrogen-bond donors (Lipinski definition) is 1. The summed E-state index contributed by atoms with van der Waals surface area (Å²) < 4.78 is 16.8.